The Bertz CT molecular complexity index is 403. The maximum absolute atomic E-state index is 5.54. The van der Waals surface area contributed by atoms with Gasteiger partial charge in [0.2, 0.25) is 0 Å². The normalized spacial score (nSPS) is 18.6. The molecule has 2 N–H and O–H groups in total. The lowest BCUT2D eigenvalue weighted by atomic mass is 10.1. The maximum Gasteiger partial charge on any atom is 0.170 e. The smallest absolute Gasteiger partial charge is 0.170 e. The molecule has 18 heavy (non-hydrogen) atoms. The quantitative estimate of drug-likeness (QED) is 0.819. The summed E-state index contributed by atoms with van der Waals surface area (Å²) in [4.78, 5) is 0. The standard InChI is InChI=1S/C14H20N2OS/c1-2-11-5-3-6-12(9-11)16-14(18)15-10-13-7-4-8-17-13/h3,5-6,9,13H,2,4,7-8,10H2,1H3,(H2,15,16,18). The zero-order valence-corrected chi connectivity index (χ0v) is 11.6. The summed E-state index contributed by atoms with van der Waals surface area (Å²) in [6.45, 7) is 3.82. The first-order valence-electron chi connectivity index (χ1n) is 6.53. The van der Waals surface area contributed by atoms with E-state index in [9.17, 15) is 0 Å². The van der Waals surface area contributed by atoms with Crippen LogP contribution >= 0.6 is 12.2 Å². The SMILES string of the molecule is CCc1cccc(NC(=S)NCC2CCCO2)c1. The van der Waals surface area contributed by atoms with Crippen molar-refractivity contribution >= 4 is 23.0 Å². The number of thiocarbonyl (C=S) groups is 1. The minimum absolute atomic E-state index is 0.312. The largest absolute Gasteiger partial charge is 0.376 e. The Kier molecular flexibility index (Phi) is 4.96. The van der Waals surface area contributed by atoms with Crippen molar-refractivity contribution in [1.82, 2.24) is 5.32 Å². The minimum atomic E-state index is 0.312. The van der Waals surface area contributed by atoms with E-state index in [1.165, 1.54) is 5.56 Å². The van der Waals surface area contributed by atoms with Gasteiger partial charge in [0, 0.05) is 18.8 Å². The van der Waals surface area contributed by atoms with Crippen LogP contribution in [0.2, 0.25) is 0 Å². The van der Waals surface area contributed by atoms with E-state index in [2.05, 4.69) is 29.7 Å². The Labute approximate surface area is 114 Å². The Balaban J connectivity index is 1.78. The van der Waals surface area contributed by atoms with E-state index < -0.39 is 0 Å². The molecule has 0 aliphatic carbocycles. The highest BCUT2D eigenvalue weighted by Gasteiger charge is 2.15. The molecular formula is C14H20N2OS. The molecule has 3 nitrogen and oxygen atoms in total. The predicted molar refractivity (Wildman–Crippen MR) is 79.0 cm³/mol. The van der Waals surface area contributed by atoms with Gasteiger partial charge in [-0.05, 0) is 49.2 Å². The minimum Gasteiger partial charge on any atom is -0.376 e. The third-order valence-electron chi connectivity index (χ3n) is 3.11. The second-order valence-electron chi connectivity index (χ2n) is 4.52. The van der Waals surface area contributed by atoms with Crippen molar-refractivity contribution in [3.63, 3.8) is 0 Å². The number of ether oxygens (including phenoxy) is 1. The van der Waals surface area contributed by atoms with Gasteiger partial charge in [-0.2, -0.15) is 0 Å². The van der Waals surface area contributed by atoms with Crippen LogP contribution in [0.1, 0.15) is 25.3 Å². The number of rotatable bonds is 4. The number of aryl methyl sites for hydroxylation is 1. The fraction of sp³-hybridized carbons (Fsp3) is 0.500. The van der Waals surface area contributed by atoms with Crippen LogP contribution in [0.25, 0.3) is 0 Å². The summed E-state index contributed by atoms with van der Waals surface area (Å²) in [5.41, 5.74) is 2.35. The molecule has 4 heteroatoms. The highest BCUT2D eigenvalue weighted by molar-refractivity contribution is 7.80. The summed E-state index contributed by atoms with van der Waals surface area (Å²) in [7, 11) is 0. The molecule has 0 amide bonds. The molecular weight excluding hydrogens is 244 g/mol. The van der Waals surface area contributed by atoms with Crippen molar-refractivity contribution in [3.05, 3.63) is 29.8 Å². The van der Waals surface area contributed by atoms with Crippen molar-refractivity contribution < 1.29 is 4.74 Å². The van der Waals surface area contributed by atoms with E-state index in [0.29, 0.717) is 11.2 Å². The summed E-state index contributed by atoms with van der Waals surface area (Å²) >= 11 is 5.27. The Hall–Kier alpha value is -1.13. The second-order valence-corrected chi connectivity index (χ2v) is 4.93. The molecule has 0 bridgehead atoms. The van der Waals surface area contributed by atoms with Crippen molar-refractivity contribution in [2.24, 2.45) is 0 Å². The van der Waals surface area contributed by atoms with Crippen molar-refractivity contribution in [1.29, 1.82) is 0 Å². The van der Waals surface area contributed by atoms with Crippen LogP contribution < -0.4 is 10.6 Å². The molecule has 1 unspecified atom stereocenters. The predicted octanol–water partition coefficient (Wildman–Crippen LogP) is 2.71. The molecule has 2 rings (SSSR count). The summed E-state index contributed by atoms with van der Waals surface area (Å²) in [6, 6.07) is 8.32. The summed E-state index contributed by atoms with van der Waals surface area (Å²) in [5.74, 6) is 0. The monoisotopic (exact) mass is 264 g/mol. The molecule has 1 atom stereocenters. The zero-order valence-electron chi connectivity index (χ0n) is 10.7. The van der Waals surface area contributed by atoms with Crippen LogP contribution in [0.4, 0.5) is 5.69 Å². The van der Waals surface area contributed by atoms with Gasteiger partial charge >= 0.3 is 0 Å². The Morgan fingerprint density at radius 1 is 1.50 bits per heavy atom. The van der Waals surface area contributed by atoms with E-state index in [0.717, 1.165) is 38.1 Å². The molecule has 98 valence electrons. The molecule has 1 fully saturated rings. The zero-order chi connectivity index (χ0) is 12.8. The molecule has 1 aromatic carbocycles. The highest BCUT2D eigenvalue weighted by Crippen LogP contribution is 2.12. The summed E-state index contributed by atoms with van der Waals surface area (Å²) in [6.07, 6.45) is 3.63. The molecule has 1 saturated heterocycles. The average molecular weight is 264 g/mol. The first-order valence-corrected chi connectivity index (χ1v) is 6.94. The van der Waals surface area contributed by atoms with Gasteiger partial charge < -0.3 is 15.4 Å². The van der Waals surface area contributed by atoms with Crippen LogP contribution in [0.3, 0.4) is 0 Å². The molecule has 0 spiro atoms. The average Bonchev–Trinajstić information content (AvgIpc) is 2.90. The van der Waals surface area contributed by atoms with Gasteiger partial charge in [0.05, 0.1) is 6.10 Å². The first kappa shape index (κ1) is 13.3. The third-order valence-corrected chi connectivity index (χ3v) is 3.35. The molecule has 1 aromatic rings. The van der Waals surface area contributed by atoms with E-state index >= 15 is 0 Å². The van der Waals surface area contributed by atoms with Crippen molar-refractivity contribution in [2.45, 2.75) is 32.3 Å². The van der Waals surface area contributed by atoms with Gasteiger partial charge in [-0.1, -0.05) is 19.1 Å². The number of hydrogen-bond donors (Lipinski definition) is 2. The molecule has 0 saturated carbocycles. The number of anilines is 1. The number of nitrogens with one attached hydrogen (secondary N) is 2. The van der Waals surface area contributed by atoms with Crippen molar-refractivity contribution in [2.75, 3.05) is 18.5 Å². The maximum atomic E-state index is 5.54. The third kappa shape index (κ3) is 3.96. The van der Waals surface area contributed by atoms with Crippen LogP contribution in [0.5, 0.6) is 0 Å². The van der Waals surface area contributed by atoms with E-state index in [-0.39, 0.29) is 0 Å². The van der Waals surface area contributed by atoms with Gasteiger partial charge in [-0.15, -0.1) is 0 Å². The van der Waals surface area contributed by atoms with Crippen molar-refractivity contribution in [3.8, 4) is 0 Å². The topological polar surface area (TPSA) is 33.3 Å². The van der Waals surface area contributed by atoms with Gasteiger partial charge in [-0.3, -0.25) is 0 Å². The Morgan fingerprint density at radius 3 is 3.11 bits per heavy atom. The highest BCUT2D eigenvalue weighted by atomic mass is 32.1. The number of benzene rings is 1. The lowest BCUT2D eigenvalue weighted by Gasteiger charge is -2.14. The van der Waals surface area contributed by atoms with E-state index in [1.54, 1.807) is 0 Å². The van der Waals surface area contributed by atoms with Crippen LogP contribution in [-0.2, 0) is 11.2 Å². The van der Waals surface area contributed by atoms with Gasteiger partial charge in [0.1, 0.15) is 0 Å². The first-order chi connectivity index (χ1) is 8.78. The van der Waals surface area contributed by atoms with Gasteiger partial charge in [0.25, 0.3) is 0 Å². The van der Waals surface area contributed by atoms with E-state index in [4.69, 9.17) is 17.0 Å². The van der Waals surface area contributed by atoms with Gasteiger partial charge in [-0.25, -0.2) is 0 Å². The summed E-state index contributed by atoms with van der Waals surface area (Å²) < 4.78 is 5.54. The lowest BCUT2D eigenvalue weighted by Crippen LogP contribution is -2.34. The molecule has 1 heterocycles. The number of hydrogen-bond acceptors (Lipinski definition) is 2. The lowest BCUT2D eigenvalue weighted by molar-refractivity contribution is 0.114. The van der Waals surface area contributed by atoms with Crippen LogP contribution in [-0.4, -0.2) is 24.4 Å². The molecule has 1 aliphatic heterocycles. The molecule has 0 radical (unpaired) electrons. The second kappa shape index (κ2) is 6.71. The Morgan fingerprint density at radius 2 is 2.39 bits per heavy atom. The molecule has 0 aromatic heterocycles. The summed E-state index contributed by atoms with van der Waals surface area (Å²) in [5, 5.41) is 7.08. The fourth-order valence-electron chi connectivity index (χ4n) is 2.06. The van der Waals surface area contributed by atoms with Gasteiger partial charge in [0.15, 0.2) is 5.11 Å². The van der Waals surface area contributed by atoms with Crippen LogP contribution in [0.15, 0.2) is 24.3 Å². The van der Waals surface area contributed by atoms with E-state index in [1.807, 2.05) is 12.1 Å². The fourth-order valence-corrected chi connectivity index (χ4v) is 2.26. The van der Waals surface area contributed by atoms with Crippen LogP contribution in [0, 0.1) is 0 Å². The molecule has 1 aliphatic rings.